The number of nitrogens with one attached hydrogen (secondary N) is 1. The van der Waals surface area contributed by atoms with Gasteiger partial charge in [-0.1, -0.05) is 18.9 Å². The van der Waals surface area contributed by atoms with E-state index >= 15 is 0 Å². The zero-order valence-corrected chi connectivity index (χ0v) is 13.3. The lowest BCUT2D eigenvalue weighted by Gasteiger charge is -2.20. The highest BCUT2D eigenvalue weighted by Gasteiger charge is 2.31. The van der Waals surface area contributed by atoms with Crippen LogP contribution in [-0.4, -0.2) is 42.0 Å². The molecule has 1 N–H and O–H groups in total. The Morgan fingerprint density at radius 1 is 1.36 bits per heavy atom. The van der Waals surface area contributed by atoms with Gasteiger partial charge in [-0.2, -0.15) is 0 Å². The predicted molar refractivity (Wildman–Crippen MR) is 84.6 cm³/mol. The number of aromatic nitrogens is 1. The standard InChI is InChI=1S/C17H25N3O2/c1-22-16-8-4-7-14(19-16)11-18-15-9-10-20(12-15)17(21)13-5-2-3-6-13/h4,7-8,13,15,18H,2-3,5-6,9-12H2,1H3. The number of nitrogens with zero attached hydrogens (tertiary/aromatic N) is 2. The van der Waals surface area contributed by atoms with E-state index in [9.17, 15) is 4.79 Å². The molecule has 0 aromatic carbocycles. The van der Waals surface area contributed by atoms with Crippen LogP contribution in [0.1, 0.15) is 37.8 Å². The zero-order valence-electron chi connectivity index (χ0n) is 13.3. The summed E-state index contributed by atoms with van der Waals surface area (Å²) < 4.78 is 5.14. The fraction of sp³-hybridized carbons (Fsp3) is 0.647. The smallest absolute Gasteiger partial charge is 0.225 e. The van der Waals surface area contributed by atoms with E-state index in [1.54, 1.807) is 7.11 Å². The average Bonchev–Trinajstić information content (AvgIpc) is 3.24. The van der Waals surface area contributed by atoms with Crippen molar-refractivity contribution in [1.29, 1.82) is 0 Å². The van der Waals surface area contributed by atoms with E-state index < -0.39 is 0 Å². The molecule has 5 heteroatoms. The minimum absolute atomic E-state index is 0.291. The number of rotatable bonds is 5. The molecule has 2 fully saturated rings. The maximum Gasteiger partial charge on any atom is 0.225 e. The zero-order chi connectivity index (χ0) is 15.4. The molecule has 22 heavy (non-hydrogen) atoms. The highest BCUT2D eigenvalue weighted by molar-refractivity contribution is 5.79. The lowest BCUT2D eigenvalue weighted by molar-refractivity contribution is -0.134. The quantitative estimate of drug-likeness (QED) is 0.903. The lowest BCUT2D eigenvalue weighted by atomic mass is 10.1. The molecule has 1 aliphatic carbocycles. The topological polar surface area (TPSA) is 54.5 Å². The van der Waals surface area contributed by atoms with E-state index in [1.165, 1.54) is 12.8 Å². The first-order chi connectivity index (χ1) is 10.8. The SMILES string of the molecule is COc1cccc(CNC2CCN(C(=O)C3CCCC3)C2)n1. The number of carbonyl (C=O) groups is 1. The first kappa shape index (κ1) is 15.3. The third-order valence-electron chi connectivity index (χ3n) is 4.77. The van der Waals surface area contributed by atoms with Gasteiger partial charge in [-0.3, -0.25) is 4.79 Å². The molecule has 0 radical (unpaired) electrons. The van der Waals surface area contributed by atoms with Gasteiger partial charge in [0.1, 0.15) is 0 Å². The Labute approximate surface area is 132 Å². The molecular weight excluding hydrogens is 278 g/mol. The second kappa shape index (κ2) is 7.09. The summed E-state index contributed by atoms with van der Waals surface area (Å²) in [5, 5.41) is 3.51. The van der Waals surface area contributed by atoms with E-state index in [4.69, 9.17) is 4.74 Å². The van der Waals surface area contributed by atoms with Gasteiger partial charge in [0.2, 0.25) is 11.8 Å². The first-order valence-corrected chi connectivity index (χ1v) is 8.28. The van der Waals surface area contributed by atoms with E-state index in [0.29, 0.717) is 30.3 Å². The van der Waals surface area contributed by atoms with Crippen LogP contribution in [-0.2, 0) is 11.3 Å². The van der Waals surface area contributed by atoms with Crippen molar-refractivity contribution in [3.05, 3.63) is 23.9 Å². The van der Waals surface area contributed by atoms with Crippen molar-refractivity contribution >= 4 is 5.91 Å². The number of hydrogen-bond donors (Lipinski definition) is 1. The predicted octanol–water partition coefficient (Wildman–Crippen LogP) is 1.97. The molecule has 1 aromatic rings. The third kappa shape index (κ3) is 3.58. The van der Waals surface area contributed by atoms with E-state index in [2.05, 4.69) is 10.3 Å². The summed E-state index contributed by atoms with van der Waals surface area (Å²) >= 11 is 0. The molecule has 1 saturated carbocycles. The Morgan fingerprint density at radius 2 is 2.18 bits per heavy atom. The van der Waals surface area contributed by atoms with Crippen LogP contribution in [0.25, 0.3) is 0 Å². The number of likely N-dealkylation sites (tertiary alicyclic amines) is 1. The number of hydrogen-bond acceptors (Lipinski definition) is 4. The fourth-order valence-corrected chi connectivity index (χ4v) is 3.48. The van der Waals surface area contributed by atoms with E-state index in [-0.39, 0.29) is 0 Å². The molecule has 1 saturated heterocycles. The molecule has 2 heterocycles. The van der Waals surface area contributed by atoms with Crippen molar-refractivity contribution in [2.24, 2.45) is 5.92 Å². The number of amides is 1. The van der Waals surface area contributed by atoms with Crippen molar-refractivity contribution in [2.75, 3.05) is 20.2 Å². The highest BCUT2D eigenvalue weighted by atomic mass is 16.5. The molecular formula is C17H25N3O2. The van der Waals surface area contributed by atoms with Gasteiger partial charge in [-0.15, -0.1) is 0 Å². The van der Waals surface area contributed by atoms with Gasteiger partial charge in [-0.05, 0) is 25.3 Å². The van der Waals surface area contributed by atoms with Gasteiger partial charge >= 0.3 is 0 Å². The summed E-state index contributed by atoms with van der Waals surface area (Å²) in [5.41, 5.74) is 0.972. The van der Waals surface area contributed by atoms with Crippen LogP contribution >= 0.6 is 0 Å². The minimum atomic E-state index is 0.291. The minimum Gasteiger partial charge on any atom is -0.481 e. The van der Waals surface area contributed by atoms with Crippen LogP contribution in [0, 0.1) is 5.92 Å². The second-order valence-corrected chi connectivity index (χ2v) is 6.30. The van der Waals surface area contributed by atoms with Crippen molar-refractivity contribution in [1.82, 2.24) is 15.2 Å². The van der Waals surface area contributed by atoms with E-state index in [0.717, 1.165) is 38.0 Å². The Balaban J connectivity index is 1.47. The molecule has 120 valence electrons. The molecule has 2 aliphatic rings. The van der Waals surface area contributed by atoms with Gasteiger partial charge in [0.05, 0.1) is 12.8 Å². The summed E-state index contributed by atoms with van der Waals surface area (Å²) in [5.74, 6) is 1.31. The fourth-order valence-electron chi connectivity index (χ4n) is 3.48. The van der Waals surface area contributed by atoms with Gasteiger partial charge in [-0.25, -0.2) is 4.98 Å². The van der Waals surface area contributed by atoms with Gasteiger partial charge in [0.15, 0.2) is 0 Å². The first-order valence-electron chi connectivity index (χ1n) is 8.28. The number of pyridine rings is 1. The molecule has 1 amide bonds. The van der Waals surface area contributed by atoms with Crippen molar-refractivity contribution in [3.63, 3.8) is 0 Å². The number of ether oxygens (including phenoxy) is 1. The van der Waals surface area contributed by atoms with Crippen LogP contribution in [0.2, 0.25) is 0 Å². The van der Waals surface area contributed by atoms with Gasteiger partial charge in [0.25, 0.3) is 0 Å². The Bertz CT molecular complexity index is 514. The third-order valence-corrected chi connectivity index (χ3v) is 4.77. The Morgan fingerprint density at radius 3 is 2.95 bits per heavy atom. The lowest BCUT2D eigenvalue weighted by Crippen LogP contribution is -2.37. The molecule has 3 rings (SSSR count). The monoisotopic (exact) mass is 303 g/mol. The summed E-state index contributed by atoms with van der Waals surface area (Å²) in [7, 11) is 1.63. The molecule has 1 aromatic heterocycles. The van der Waals surface area contributed by atoms with Crippen molar-refractivity contribution in [2.45, 2.75) is 44.7 Å². The largest absolute Gasteiger partial charge is 0.481 e. The molecule has 1 aliphatic heterocycles. The van der Waals surface area contributed by atoms with Crippen LogP contribution in [0.5, 0.6) is 5.88 Å². The molecule has 1 unspecified atom stereocenters. The maximum atomic E-state index is 12.4. The Kier molecular flexibility index (Phi) is 4.93. The van der Waals surface area contributed by atoms with Crippen LogP contribution in [0.15, 0.2) is 18.2 Å². The van der Waals surface area contributed by atoms with Gasteiger partial charge in [0, 0.05) is 37.7 Å². The Hall–Kier alpha value is -1.62. The van der Waals surface area contributed by atoms with E-state index in [1.807, 2.05) is 23.1 Å². The van der Waals surface area contributed by atoms with Gasteiger partial charge < -0.3 is 15.0 Å². The summed E-state index contributed by atoms with van der Waals surface area (Å²) in [4.78, 5) is 18.9. The van der Waals surface area contributed by atoms with Crippen molar-refractivity contribution in [3.8, 4) is 5.88 Å². The van der Waals surface area contributed by atoms with Crippen LogP contribution in [0.3, 0.4) is 0 Å². The molecule has 0 spiro atoms. The maximum absolute atomic E-state index is 12.4. The van der Waals surface area contributed by atoms with Crippen molar-refractivity contribution < 1.29 is 9.53 Å². The molecule has 1 atom stereocenters. The number of methoxy groups -OCH3 is 1. The normalized spacial score (nSPS) is 22.2. The average molecular weight is 303 g/mol. The number of carbonyl (C=O) groups excluding carboxylic acids is 1. The summed E-state index contributed by atoms with van der Waals surface area (Å²) in [6, 6.07) is 6.17. The molecule has 0 bridgehead atoms. The summed E-state index contributed by atoms with van der Waals surface area (Å²) in [6.45, 7) is 2.44. The highest BCUT2D eigenvalue weighted by Crippen LogP contribution is 2.27. The molecule has 5 nitrogen and oxygen atoms in total. The van der Waals surface area contributed by atoms with Crippen LogP contribution in [0.4, 0.5) is 0 Å². The summed E-state index contributed by atoms with van der Waals surface area (Å²) in [6.07, 6.45) is 5.63. The second-order valence-electron chi connectivity index (χ2n) is 6.30. The van der Waals surface area contributed by atoms with Crippen LogP contribution < -0.4 is 10.1 Å².